The molecule has 0 fully saturated rings. The van der Waals surface area contributed by atoms with Crippen molar-refractivity contribution in [3.63, 3.8) is 0 Å². The Kier molecular flexibility index (Phi) is 2.54. The average Bonchev–Trinajstić information content (AvgIpc) is 3.05. The number of pyridine rings is 2. The van der Waals surface area contributed by atoms with E-state index in [1.807, 2.05) is 6.07 Å². The number of amides is 1. The van der Waals surface area contributed by atoms with Crippen LogP contribution in [-0.2, 0) is 23.1 Å². The lowest BCUT2D eigenvalue weighted by molar-refractivity contribution is -0.120. The first-order valence-electron chi connectivity index (χ1n) is 6.97. The van der Waals surface area contributed by atoms with Gasteiger partial charge in [0.2, 0.25) is 5.91 Å². The van der Waals surface area contributed by atoms with E-state index in [0.29, 0.717) is 35.5 Å². The third kappa shape index (κ3) is 1.75. The van der Waals surface area contributed by atoms with Gasteiger partial charge < -0.3 is 10.4 Å². The zero-order chi connectivity index (χ0) is 16.2. The molecule has 1 aliphatic heterocycles. The SMILES string of the molecule is N#Cc1cnc2c(c1)C1(Cc3cc(C(=O)O)cnc3C1)C(=O)N2. The van der Waals surface area contributed by atoms with Crippen LogP contribution in [0.1, 0.15) is 32.7 Å². The summed E-state index contributed by atoms with van der Waals surface area (Å²) in [5.74, 6) is -0.781. The number of rotatable bonds is 1. The summed E-state index contributed by atoms with van der Waals surface area (Å²) >= 11 is 0. The second kappa shape index (κ2) is 4.36. The van der Waals surface area contributed by atoms with Gasteiger partial charge in [-0.1, -0.05) is 0 Å². The quantitative estimate of drug-likeness (QED) is 0.813. The van der Waals surface area contributed by atoms with Gasteiger partial charge in [0.15, 0.2) is 0 Å². The summed E-state index contributed by atoms with van der Waals surface area (Å²) in [6.07, 6.45) is 3.45. The fourth-order valence-electron chi connectivity index (χ4n) is 3.33. The largest absolute Gasteiger partial charge is 0.478 e. The normalized spacial score (nSPS) is 20.7. The molecule has 0 saturated carbocycles. The second-order valence-corrected chi connectivity index (χ2v) is 5.76. The molecule has 1 spiro atoms. The molecule has 1 aliphatic carbocycles. The van der Waals surface area contributed by atoms with Crippen LogP contribution in [-0.4, -0.2) is 27.0 Å². The maximum atomic E-state index is 12.6. The van der Waals surface area contributed by atoms with Crippen molar-refractivity contribution in [1.29, 1.82) is 5.26 Å². The summed E-state index contributed by atoms with van der Waals surface area (Å²) in [4.78, 5) is 32.0. The number of carboxylic acid groups (broad SMARTS) is 1. The molecular formula is C16H10N4O3. The number of hydrogen-bond acceptors (Lipinski definition) is 5. The van der Waals surface area contributed by atoms with Gasteiger partial charge in [-0.05, 0) is 24.1 Å². The van der Waals surface area contributed by atoms with Crippen molar-refractivity contribution in [1.82, 2.24) is 9.97 Å². The molecule has 2 N–H and O–H groups in total. The van der Waals surface area contributed by atoms with E-state index in [2.05, 4.69) is 15.3 Å². The van der Waals surface area contributed by atoms with Crippen LogP contribution in [0.25, 0.3) is 0 Å². The van der Waals surface area contributed by atoms with Gasteiger partial charge >= 0.3 is 5.97 Å². The molecule has 1 amide bonds. The molecule has 0 bridgehead atoms. The summed E-state index contributed by atoms with van der Waals surface area (Å²) in [6, 6.07) is 5.26. The number of hydrogen-bond donors (Lipinski definition) is 2. The molecule has 7 heteroatoms. The molecule has 23 heavy (non-hydrogen) atoms. The number of carbonyl (C=O) groups is 2. The number of nitrogens with zero attached hydrogens (tertiary/aromatic N) is 3. The lowest BCUT2D eigenvalue weighted by atomic mass is 9.79. The molecule has 7 nitrogen and oxygen atoms in total. The Morgan fingerprint density at radius 3 is 2.87 bits per heavy atom. The van der Waals surface area contributed by atoms with Crippen molar-refractivity contribution in [2.75, 3.05) is 5.32 Å². The first kappa shape index (κ1) is 13.4. The second-order valence-electron chi connectivity index (χ2n) is 5.76. The summed E-state index contributed by atoms with van der Waals surface area (Å²) in [5.41, 5.74) is 1.76. The molecule has 3 heterocycles. The minimum absolute atomic E-state index is 0.100. The predicted octanol–water partition coefficient (Wildman–Crippen LogP) is 1.04. The van der Waals surface area contributed by atoms with Crippen LogP contribution < -0.4 is 5.32 Å². The number of carboxylic acids is 1. The van der Waals surface area contributed by atoms with Crippen LogP contribution in [0, 0.1) is 11.3 Å². The molecule has 0 radical (unpaired) electrons. The maximum absolute atomic E-state index is 12.6. The van der Waals surface area contributed by atoms with Gasteiger partial charge in [0, 0.05) is 30.1 Å². The third-order valence-electron chi connectivity index (χ3n) is 4.47. The zero-order valence-electron chi connectivity index (χ0n) is 11.8. The zero-order valence-corrected chi connectivity index (χ0v) is 11.8. The van der Waals surface area contributed by atoms with E-state index in [0.717, 1.165) is 5.56 Å². The van der Waals surface area contributed by atoms with E-state index in [4.69, 9.17) is 10.4 Å². The maximum Gasteiger partial charge on any atom is 0.337 e. The molecule has 1 unspecified atom stereocenters. The Bertz CT molecular complexity index is 931. The Balaban J connectivity index is 1.84. The standard InChI is InChI=1S/C16H10N4O3/c17-5-8-1-11-13(19-6-8)20-15(23)16(11)3-9-2-10(14(21)22)7-18-12(9)4-16/h1-2,6-7H,3-4H2,(H,21,22)(H,19,20,23). The molecule has 2 aromatic rings. The average molecular weight is 306 g/mol. The molecule has 2 aliphatic rings. The van der Waals surface area contributed by atoms with Gasteiger partial charge in [-0.15, -0.1) is 0 Å². The highest BCUT2D eigenvalue weighted by atomic mass is 16.4. The van der Waals surface area contributed by atoms with Gasteiger partial charge in [0.05, 0.1) is 16.5 Å². The lowest BCUT2D eigenvalue weighted by Gasteiger charge is -2.20. The van der Waals surface area contributed by atoms with Crippen molar-refractivity contribution in [3.05, 3.63) is 52.5 Å². The smallest absolute Gasteiger partial charge is 0.337 e. The van der Waals surface area contributed by atoms with Crippen LogP contribution in [0.2, 0.25) is 0 Å². The summed E-state index contributed by atoms with van der Waals surface area (Å²) < 4.78 is 0. The van der Waals surface area contributed by atoms with Crippen LogP contribution >= 0.6 is 0 Å². The lowest BCUT2D eigenvalue weighted by Crippen LogP contribution is -2.35. The van der Waals surface area contributed by atoms with E-state index in [1.165, 1.54) is 12.4 Å². The first-order valence-corrected chi connectivity index (χ1v) is 6.97. The Labute approximate surface area is 130 Å². The summed E-state index contributed by atoms with van der Waals surface area (Å²) in [6.45, 7) is 0. The van der Waals surface area contributed by atoms with Crippen LogP contribution in [0.4, 0.5) is 5.82 Å². The number of aromatic nitrogens is 2. The number of anilines is 1. The third-order valence-corrected chi connectivity index (χ3v) is 4.47. The highest BCUT2D eigenvalue weighted by Gasteiger charge is 2.52. The predicted molar refractivity (Wildman–Crippen MR) is 77.9 cm³/mol. The molecule has 4 rings (SSSR count). The van der Waals surface area contributed by atoms with Crippen LogP contribution in [0.3, 0.4) is 0 Å². The number of aromatic carboxylic acids is 1. The fraction of sp³-hybridized carbons (Fsp3) is 0.188. The fourth-order valence-corrected chi connectivity index (χ4v) is 3.33. The summed E-state index contributed by atoms with van der Waals surface area (Å²) in [5, 5.41) is 20.9. The Morgan fingerprint density at radius 2 is 2.13 bits per heavy atom. The van der Waals surface area contributed by atoms with E-state index in [1.54, 1.807) is 12.1 Å². The highest BCUT2D eigenvalue weighted by Crippen LogP contribution is 2.46. The Hall–Kier alpha value is -3.27. The monoisotopic (exact) mass is 306 g/mol. The van der Waals surface area contributed by atoms with Gasteiger partial charge in [-0.25, -0.2) is 9.78 Å². The highest BCUT2D eigenvalue weighted by molar-refractivity contribution is 6.06. The number of carbonyl (C=O) groups excluding carboxylic acids is 1. The molecule has 0 saturated heterocycles. The van der Waals surface area contributed by atoms with E-state index in [9.17, 15) is 9.59 Å². The minimum atomic E-state index is -1.05. The number of nitriles is 1. The van der Waals surface area contributed by atoms with Gasteiger partial charge in [0.25, 0.3) is 0 Å². The number of nitrogens with one attached hydrogen (secondary N) is 1. The Morgan fingerprint density at radius 1 is 1.30 bits per heavy atom. The molecule has 0 aromatic carbocycles. The summed E-state index contributed by atoms with van der Waals surface area (Å²) in [7, 11) is 0. The topological polar surface area (TPSA) is 116 Å². The van der Waals surface area contributed by atoms with Gasteiger partial charge in [-0.2, -0.15) is 5.26 Å². The van der Waals surface area contributed by atoms with E-state index in [-0.39, 0.29) is 11.5 Å². The molecular weight excluding hydrogens is 296 g/mol. The van der Waals surface area contributed by atoms with Crippen molar-refractivity contribution in [2.24, 2.45) is 0 Å². The van der Waals surface area contributed by atoms with E-state index >= 15 is 0 Å². The first-order chi connectivity index (χ1) is 11.0. The van der Waals surface area contributed by atoms with Crippen molar-refractivity contribution < 1.29 is 14.7 Å². The van der Waals surface area contributed by atoms with Gasteiger partial charge in [-0.3, -0.25) is 9.78 Å². The molecule has 112 valence electrons. The minimum Gasteiger partial charge on any atom is -0.478 e. The molecule has 1 atom stereocenters. The van der Waals surface area contributed by atoms with Crippen molar-refractivity contribution in [3.8, 4) is 6.07 Å². The van der Waals surface area contributed by atoms with Crippen molar-refractivity contribution in [2.45, 2.75) is 18.3 Å². The van der Waals surface area contributed by atoms with Crippen molar-refractivity contribution >= 4 is 17.7 Å². The van der Waals surface area contributed by atoms with E-state index < -0.39 is 11.4 Å². The van der Waals surface area contributed by atoms with Crippen LogP contribution in [0.5, 0.6) is 0 Å². The molecule has 2 aromatic heterocycles. The number of fused-ring (bicyclic) bond motifs is 3. The van der Waals surface area contributed by atoms with Crippen LogP contribution in [0.15, 0.2) is 24.5 Å². The van der Waals surface area contributed by atoms with Gasteiger partial charge in [0.1, 0.15) is 11.9 Å².